The van der Waals surface area contributed by atoms with Gasteiger partial charge in [-0.15, -0.1) is 10.2 Å². The van der Waals surface area contributed by atoms with Crippen LogP contribution in [0.2, 0.25) is 0 Å². The Morgan fingerprint density at radius 1 is 1.07 bits per heavy atom. The Kier molecular flexibility index (Phi) is 4.50. The van der Waals surface area contributed by atoms with E-state index >= 15 is 0 Å². The fourth-order valence-corrected chi connectivity index (χ4v) is 2.54. The lowest BCUT2D eigenvalue weighted by Gasteiger charge is -2.14. The summed E-state index contributed by atoms with van der Waals surface area (Å²) in [5.41, 5.74) is 0.929. The van der Waals surface area contributed by atoms with Crippen LogP contribution in [0.1, 0.15) is 23.2 Å². The van der Waals surface area contributed by atoms with Crippen LogP contribution < -0.4 is 10.2 Å². The number of hydrogen-bond acceptors (Lipinski definition) is 7. The van der Waals surface area contributed by atoms with E-state index in [2.05, 4.69) is 25.5 Å². The number of hydrogen-bond donors (Lipinski definition) is 2. The summed E-state index contributed by atoms with van der Waals surface area (Å²) in [6.45, 7) is 0. The number of aromatic amines is 1. The zero-order valence-electron chi connectivity index (χ0n) is 14.5. The fourth-order valence-electron chi connectivity index (χ4n) is 2.54. The third-order valence-corrected chi connectivity index (χ3v) is 3.94. The summed E-state index contributed by atoms with van der Waals surface area (Å²) in [7, 11) is 0. The minimum Gasteiger partial charge on any atom is -0.369 e. The van der Waals surface area contributed by atoms with E-state index < -0.39 is 5.91 Å². The van der Waals surface area contributed by atoms with Gasteiger partial charge >= 0.3 is 0 Å². The van der Waals surface area contributed by atoms with Crippen molar-refractivity contribution < 1.29 is 19.2 Å². The zero-order chi connectivity index (χ0) is 19.5. The van der Waals surface area contributed by atoms with E-state index in [0.717, 1.165) is 5.06 Å². The predicted octanol–water partition coefficient (Wildman–Crippen LogP) is 1.56. The topological polar surface area (TPSA) is 130 Å². The number of amides is 3. The first-order valence-corrected chi connectivity index (χ1v) is 8.39. The van der Waals surface area contributed by atoms with Gasteiger partial charge in [-0.1, -0.05) is 6.07 Å². The average Bonchev–Trinajstić information content (AvgIpc) is 3.31. The number of anilines is 1. The third kappa shape index (κ3) is 3.56. The van der Waals surface area contributed by atoms with E-state index in [1.54, 1.807) is 18.3 Å². The minimum absolute atomic E-state index is 0.110. The first-order chi connectivity index (χ1) is 13.6. The molecule has 0 aliphatic carbocycles. The second-order valence-electron chi connectivity index (χ2n) is 5.87. The van der Waals surface area contributed by atoms with Gasteiger partial charge in [0.15, 0.2) is 11.6 Å². The maximum atomic E-state index is 12.3. The molecule has 1 aliphatic rings. The third-order valence-electron chi connectivity index (χ3n) is 3.94. The highest BCUT2D eigenvalue weighted by molar-refractivity contribution is 6.03. The lowest BCUT2D eigenvalue weighted by Crippen LogP contribution is -2.32. The van der Waals surface area contributed by atoms with Gasteiger partial charge in [0.25, 0.3) is 17.7 Å². The van der Waals surface area contributed by atoms with Crippen molar-refractivity contribution in [1.29, 1.82) is 0 Å². The Labute approximate surface area is 158 Å². The molecule has 10 heteroatoms. The fraction of sp³-hybridized carbons (Fsp3) is 0.111. The molecule has 3 heterocycles. The lowest BCUT2D eigenvalue weighted by molar-refractivity contribution is -0.164. The van der Waals surface area contributed by atoms with Gasteiger partial charge in [0.2, 0.25) is 5.95 Å². The molecular weight excluding hydrogens is 364 g/mol. The second-order valence-corrected chi connectivity index (χ2v) is 5.87. The van der Waals surface area contributed by atoms with Crippen molar-refractivity contribution >= 4 is 23.7 Å². The summed E-state index contributed by atoms with van der Waals surface area (Å²) in [4.78, 5) is 49.1. The molecule has 3 aromatic rings. The van der Waals surface area contributed by atoms with Crippen LogP contribution in [0.15, 0.2) is 48.7 Å². The molecule has 10 nitrogen and oxygen atoms in total. The van der Waals surface area contributed by atoms with Gasteiger partial charge in [0, 0.05) is 24.6 Å². The zero-order valence-corrected chi connectivity index (χ0v) is 14.5. The number of carbonyl (C=O) groups is 3. The number of benzene rings is 1. The molecule has 1 saturated heterocycles. The van der Waals surface area contributed by atoms with Crippen LogP contribution in [0.25, 0.3) is 11.5 Å². The number of pyridine rings is 1. The molecule has 0 atom stereocenters. The van der Waals surface area contributed by atoms with Crippen LogP contribution in [0.5, 0.6) is 5.75 Å². The average molecular weight is 378 g/mol. The molecular formula is C18H14N6O4. The van der Waals surface area contributed by atoms with Gasteiger partial charge in [0.05, 0.1) is 0 Å². The van der Waals surface area contributed by atoms with Crippen LogP contribution in [0.3, 0.4) is 0 Å². The first kappa shape index (κ1) is 17.3. The Balaban J connectivity index is 1.41. The second kappa shape index (κ2) is 7.27. The quantitative estimate of drug-likeness (QED) is 0.644. The largest absolute Gasteiger partial charge is 0.369 e. The lowest BCUT2D eigenvalue weighted by atomic mass is 10.2. The van der Waals surface area contributed by atoms with Gasteiger partial charge in [0.1, 0.15) is 5.69 Å². The summed E-state index contributed by atoms with van der Waals surface area (Å²) in [5.74, 6) is -0.388. The van der Waals surface area contributed by atoms with E-state index in [9.17, 15) is 14.4 Å². The van der Waals surface area contributed by atoms with Crippen molar-refractivity contribution in [3.8, 4) is 17.3 Å². The summed E-state index contributed by atoms with van der Waals surface area (Å²) in [6.07, 6.45) is 1.90. The van der Waals surface area contributed by atoms with Gasteiger partial charge < -0.3 is 4.84 Å². The van der Waals surface area contributed by atoms with Crippen molar-refractivity contribution in [2.24, 2.45) is 0 Å². The van der Waals surface area contributed by atoms with Crippen molar-refractivity contribution in [3.05, 3.63) is 54.2 Å². The number of hydroxylamine groups is 2. The van der Waals surface area contributed by atoms with Crippen LogP contribution in [0.4, 0.5) is 5.95 Å². The predicted molar refractivity (Wildman–Crippen MR) is 95.7 cm³/mol. The molecule has 28 heavy (non-hydrogen) atoms. The van der Waals surface area contributed by atoms with Crippen LogP contribution in [-0.4, -0.2) is 43.0 Å². The van der Waals surface area contributed by atoms with Crippen molar-refractivity contribution in [1.82, 2.24) is 25.2 Å². The molecule has 0 saturated carbocycles. The molecule has 3 amide bonds. The summed E-state index contributed by atoms with van der Waals surface area (Å²) >= 11 is 0. The van der Waals surface area contributed by atoms with E-state index in [-0.39, 0.29) is 36.4 Å². The number of imide groups is 1. The molecule has 1 aromatic carbocycles. The van der Waals surface area contributed by atoms with E-state index in [1.165, 1.54) is 24.3 Å². The van der Waals surface area contributed by atoms with Gasteiger partial charge in [-0.25, -0.2) is 0 Å². The molecule has 2 N–H and O–H groups in total. The summed E-state index contributed by atoms with van der Waals surface area (Å²) in [5, 5.41) is 9.97. The Morgan fingerprint density at radius 2 is 1.82 bits per heavy atom. The van der Waals surface area contributed by atoms with E-state index in [4.69, 9.17) is 4.84 Å². The molecule has 4 rings (SSSR count). The van der Waals surface area contributed by atoms with Crippen LogP contribution >= 0.6 is 0 Å². The number of nitrogens with one attached hydrogen (secondary N) is 2. The maximum Gasteiger partial charge on any atom is 0.263 e. The Bertz CT molecular complexity index is 1020. The highest BCUT2D eigenvalue weighted by Gasteiger charge is 2.31. The van der Waals surface area contributed by atoms with Crippen LogP contribution in [0, 0.1) is 0 Å². The molecule has 140 valence electrons. The maximum absolute atomic E-state index is 12.3. The van der Waals surface area contributed by atoms with Gasteiger partial charge in [-0.2, -0.15) is 4.98 Å². The molecule has 0 unspecified atom stereocenters. The normalized spacial score (nSPS) is 13.6. The molecule has 0 spiro atoms. The number of rotatable bonds is 5. The molecule has 1 aliphatic heterocycles. The standard InChI is InChI=1S/C18H14N6O4/c25-14-8-9-15(26)24(14)28-12-6-4-11(5-7-12)17(27)21-18-20-16(22-23-18)13-3-1-2-10-19-13/h1-7,10H,8-9H2,(H2,20,21,22,23,27). The number of aromatic nitrogens is 4. The highest BCUT2D eigenvalue weighted by Crippen LogP contribution is 2.19. The Hall–Kier alpha value is -4.08. The van der Waals surface area contributed by atoms with Crippen molar-refractivity contribution in [2.45, 2.75) is 12.8 Å². The number of nitrogens with zero attached hydrogens (tertiary/aromatic N) is 4. The monoisotopic (exact) mass is 378 g/mol. The van der Waals surface area contributed by atoms with Crippen molar-refractivity contribution in [3.63, 3.8) is 0 Å². The smallest absolute Gasteiger partial charge is 0.263 e. The van der Waals surface area contributed by atoms with Gasteiger partial charge in [-0.05, 0) is 36.4 Å². The van der Waals surface area contributed by atoms with E-state index in [1.807, 2.05) is 6.07 Å². The molecule has 0 bridgehead atoms. The van der Waals surface area contributed by atoms with Crippen molar-refractivity contribution in [2.75, 3.05) is 5.32 Å². The molecule has 1 fully saturated rings. The van der Waals surface area contributed by atoms with E-state index in [0.29, 0.717) is 17.1 Å². The molecule has 0 radical (unpaired) electrons. The first-order valence-electron chi connectivity index (χ1n) is 8.39. The number of H-pyrrole nitrogens is 1. The van der Waals surface area contributed by atoms with Gasteiger partial charge in [-0.3, -0.25) is 29.8 Å². The SMILES string of the molecule is O=C(Nc1n[nH]c(-c2ccccn2)n1)c1ccc(ON2C(=O)CCC2=O)cc1. The highest BCUT2D eigenvalue weighted by atomic mass is 16.7. The number of carbonyl (C=O) groups excluding carboxylic acids is 3. The molecule has 2 aromatic heterocycles. The Morgan fingerprint density at radius 3 is 2.50 bits per heavy atom. The van der Waals surface area contributed by atoms with Crippen LogP contribution in [-0.2, 0) is 9.59 Å². The minimum atomic E-state index is -0.425. The summed E-state index contributed by atoms with van der Waals surface area (Å²) < 4.78 is 0. The summed E-state index contributed by atoms with van der Waals surface area (Å²) in [6, 6.07) is 11.3.